The first-order chi connectivity index (χ1) is 6.77. The fourth-order valence-corrected chi connectivity index (χ4v) is 3.19. The van der Waals surface area contributed by atoms with Crippen LogP contribution in [0, 0.1) is 5.92 Å². The summed E-state index contributed by atoms with van der Waals surface area (Å²) in [5.74, 6) is 2.79. The second-order valence-corrected chi connectivity index (χ2v) is 5.43. The van der Waals surface area contributed by atoms with Gasteiger partial charge < -0.3 is 10.6 Å². The predicted octanol–water partition coefficient (Wildman–Crippen LogP) is 0.689. The van der Waals surface area contributed by atoms with Crippen molar-refractivity contribution in [2.75, 3.05) is 24.6 Å². The molecule has 1 heterocycles. The number of hydrogen-bond acceptors (Lipinski definition) is 3. The number of rotatable bonds is 1. The minimum absolute atomic E-state index is 0.230. The van der Waals surface area contributed by atoms with Crippen molar-refractivity contribution in [1.29, 1.82) is 0 Å². The number of carbonyl (C=O) groups is 1. The summed E-state index contributed by atoms with van der Waals surface area (Å²) in [5, 5.41) is 0. The molecule has 2 N–H and O–H groups in total. The summed E-state index contributed by atoms with van der Waals surface area (Å²) in [7, 11) is 0. The standard InChI is InChI=1S/C10H18N2OS/c11-9-2-1-8(7-9)10(13)12-3-5-14-6-4-12/h8-9H,1-7,11H2. The molecule has 0 bridgehead atoms. The Labute approximate surface area is 89.4 Å². The van der Waals surface area contributed by atoms with E-state index in [0.717, 1.165) is 43.9 Å². The SMILES string of the molecule is NC1CCC(C(=O)N2CCSCC2)C1. The number of carbonyl (C=O) groups excluding carboxylic acids is 1. The third kappa shape index (κ3) is 2.23. The largest absolute Gasteiger partial charge is 0.341 e. The molecule has 4 heteroatoms. The Morgan fingerprint density at radius 2 is 2.00 bits per heavy atom. The third-order valence-electron chi connectivity index (χ3n) is 3.15. The van der Waals surface area contributed by atoms with E-state index >= 15 is 0 Å². The van der Waals surface area contributed by atoms with Crippen molar-refractivity contribution in [3.8, 4) is 0 Å². The molecule has 1 saturated carbocycles. The van der Waals surface area contributed by atoms with Crippen LogP contribution in [0.1, 0.15) is 19.3 Å². The molecule has 14 heavy (non-hydrogen) atoms. The molecule has 2 atom stereocenters. The molecule has 0 radical (unpaired) electrons. The average molecular weight is 214 g/mol. The lowest BCUT2D eigenvalue weighted by molar-refractivity contribution is -0.134. The zero-order valence-corrected chi connectivity index (χ0v) is 9.26. The number of amides is 1. The van der Waals surface area contributed by atoms with Crippen molar-refractivity contribution in [3.05, 3.63) is 0 Å². The fraction of sp³-hybridized carbons (Fsp3) is 0.900. The van der Waals surface area contributed by atoms with Crippen molar-refractivity contribution in [3.63, 3.8) is 0 Å². The molecule has 2 fully saturated rings. The summed E-state index contributed by atoms with van der Waals surface area (Å²) < 4.78 is 0. The van der Waals surface area contributed by atoms with Gasteiger partial charge in [-0.1, -0.05) is 0 Å². The monoisotopic (exact) mass is 214 g/mol. The van der Waals surface area contributed by atoms with Gasteiger partial charge in [-0.25, -0.2) is 0 Å². The van der Waals surface area contributed by atoms with E-state index in [1.807, 2.05) is 16.7 Å². The molecule has 3 nitrogen and oxygen atoms in total. The molecule has 0 aromatic carbocycles. The van der Waals surface area contributed by atoms with Crippen LogP contribution in [-0.2, 0) is 4.79 Å². The second kappa shape index (κ2) is 4.53. The molecule has 1 amide bonds. The van der Waals surface area contributed by atoms with E-state index in [-0.39, 0.29) is 12.0 Å². The highest BCUT2D eigenvalue weighted by molar-refractivity contribution is 7.99. The predicted molar refractivity (Wildman–Crippen MR) is 59.2 cm³/mol. The summed E-state index contributed by atoms with van der Waals surface area (Å²) in [6.45, 7) is 1.88. The van der Waals surface area contributed by atoms with Crippen LogP contribution in [0.4, 0.5) is 0 Å². The van der Waals surface area contributed by atoms with E-state index in [4.69, 9.17) is 5.73 Å². The summed E-state index contributed by atoms with van der Waals surface area (Å²) in [4.78, 5) is 14.0. The molecular weight excluding hydrogens is 196 g/mol. The highest BCUT2D eigenvalue weighted by atomic mass is 32.2. The van der Waals surface area contributed by atoms with E-state index in [1.54, 1.807) is 0 Å². The third-order valence-corrected chi connectivity index (χ3v) is 4.09. The molecule has 1 aliphatic heterocycles. The molecule has 0 aromatic rings. The summed E-state index contributed by atoms with van der Waals surface area (Å²) in [6.07, 6.45) is 2.94. The lowest BCUT2D eigenvalue weighted by atomic mass is 10.1. The quantitative estimate of drug-likeness (QED) is 0.698. The molecule has 80 valence electrons. The van der Waals surface area contributed by atoms with Crippen LogP contribution >= 0.6 is 11.8 Å². The zero-order valence-electron chi connectivity index (χ0n) is 8.45. The van der Waals surface area contributed by atoms with Gasteiger partial charge in [0.2, 0.25) is 5.91 Å². The highest BCUT2D eigenvalue weighted by Gasteiger charge is 2.31. The van der Waals surface area contributed by atoms with Gasteiger partial charge in [0.05, 0.1) is 0 Å². The maximum atomic E-state index is 12.0. The van der Waals surface area contributed by atoms with Gasteiger partial charge >= 0.3 is 0 Å². The van der Waals surface area contributed by atoms with Gasteiger partial charge in [0, 0.05) is 36.6 Å². The molecule has 0 aromatic heterocycles. The Kier molecular flexibility index (Phi) is 3.34. The first-order valence-electron chi connectivity index (χ1n) is 5.39. The minimum Gasteiger partial charge on any atom is -0.341 e. The smallest absolute Gasteiger partial charge is 0.225 e. The maximum absolute atomic E-state index is 12.0. The first-order valence-corrected chi connectivity index (χ1v) is 6.55. The van der Waals surface area contributed by atoms with Crippen molar-refractivity contribution in [2.45, 2.75) is 25.3 Å². The molecular formula is C10H18N2OS. The van der Waals surface area contributed by atoms with E-state index in [9.17, 15) is 4.79 Å². The van der Waals surface area contributed by atoms with Gasteiger partial charge in [0.1, 0.15) is 0 Å². The fourth-order valence-electron chi connectivity index (χ4n) is 2.28. The zero-order chi connectivity index (χ0) is 9.97. The van der Waals surface area contributed by atoms with E-state index in [1.165, 1.54) is 0 Å². The first kappa shape index (κ1) is 10.3. The lowest BCUT2D eigenvalue weighted by Crippen LogP contribution is -2.41. The maximum Gasteiger partial charge on any atom is 0.225 e. The Hall–Kier alpha value is -0.220. The molecule has 2 rings (SSSR count). The van der Waals surface area contributed by atoms with Crippen LogP contribution in [-0.4, -0.2) is 41.4 Å². The van der Waals surface area contributed by atoms with Crippen LogP contribution in [0.5, 0.6) is 0 Å². The number of nitrogens with zero attached hydrogens (tertiary/aromatic N) is 1. The normalized spacial score (nSPS) is 33.4. The van der Waals surface area contributed by atoms with Crippen LogP contribution in [0.2, 0.25) is 0 Å². The average Bonchev–Trinajstić information content (AvgIpc) is 2.65. The number of hydrogen-bond donors (Lipinski definition) is 1. The highest BCUT2D eigenvalue weighted by Crippen LogP contribution is 2.26. The van der Waals surface area contributed by atoms with Crippen molar-refractivity contribution < 1.29 is 4.79 Å². The van der Waals surface area contributed by atoms with Gasteiger partial charge in [-0.15, -0.1) is 0 Å². The van der Waals surface area contributed by atoms with E-state index in [0.29, 0.717) is 5.91 Å². The van der Waals surface area contributed by atoms with Gasteiger partial charge in [0.25, 0.3) is 0 Å². The van der Waals surface area contributed by atoms with E-state index < -0.39 is 0 Å². The van der Waals surface area contributed by atoms with E-state index in [2.05, 4.69) is 0 Å². The lowest BCUT2D eigenvalue weighted by Gasteiger charge is -2.28. The van der Waals surface area contributed by atoms with Crippen LogP contribution in [0.3, 0.4) is 0 Å². The molecule has 0 spiro atoms. The molecule has 2 unspecified atom stereocenters. The summed E-state index contributed by atoms with van der Waals surface area (Å²) >= 11 is 1.94. The van der Waals surface area contributed by atoms with Gasteiger partial charge in [-0.3, -0.25) is 4.79 Å². The molecule has 2 aliphatic rings. The van der Waals surface area contributed by atoms with Gasteiger partial charge in [-0.05, 0) is 19.3 Å². The van der Waals surface area contributed by atoms with Crippen molar-refractivity contribution in [1.82, 2.24) is 4.90 Å². The summed E-state index contributed by atoms with van der Waals surface area (Å²) in [6, 6.07) is 0.267. The van der Waals surface area contributed by atoms with Crippen molar-refractivity contribution in [2.24, 2.45) is 11.7 Å². The van der Waals surface area contributed by atoms with Gasteiger partial charge in [0.15, 0.2) is 0 Å². The Bertz CT molecular complexity index is 209. The van der Waals surface area contributed by atoms with Crippen LogP contribution in [0.25, 0.3) is 0 Å². The molecule has 1 saturated heterocycles. The Morgan fingerprint density at radius 3 is 2.57 bits per heavy atom. The van der Waals surface area contributed by atoms with Crippen molar-refractivity contribution >= 4 is 17.7 Å². The number of nitrogens with two attached hydrogens (primary N) is 1. The van der Waals surface area contributed by atoms with Crippen LogP contribution < -0.4 is 5.73 Å². The Morgan fingerprint density at radius 1 is 1.29 bits per heavy atom. The minimum atomic E-state index is 0.230. The Balaban J connectivity index is 1.87. The topological polar surface area (TPSA) is 46.3 Å². The van der Waals surface area contributed by atoms with Gasteiger partial charge in [-0.2, -0.15) is 11.8 Å². The van der Waals surface area contributed by atoms with Crippen LogP contribution in [0.15, 0.2) is 0 Å². The second-order valence-electron chi connectivity index (χ2n) is 4.21. The summed E-state index contributed by atoms with van der Waals surface area (Å²) in [5.41, 5.74) is 5.82. The number of thioether (sulfide) groups is 1. The molecule has 1 aliphatic carbocycles.